The highest BCUT2D eigenvalue weighted by Crippen LogP contribution is 2.36. The van der Waals surface area contributed by atoms with Crippen molar-refractivity contribution >= 4 is 9.84 Å². The van der Waals surface area contributed by atoms with E-state index < -0.39 is 9.84 Å². The van der Waals surface area contributed by atoms with E-state index in [0.717, 1.165) is 5.56 Å². The highest BCUT2D eigenvalue weighted by atomic mass is 32.2. The van der Waals surface area contributed by atoms with Crippen LogP contribution in [0.15, 0.2) is 107 Å². The van der Waals surface area contributed by atoms with Crippen molar-refractivity contribution in [3.05, 3.63) is 119 Å². The molecule has 0 aliphatic heterocycles. The molecule has 0 fully saturated rings. The molecule has 4 aromatic rings. The van der Waals surface area contributed by atoms with Gasteiger partial charge in [0.2, 0.25) is 9.84 Å². The Kier molecular flexibility index (Phi) is 7.58. The third-order valence-corrected chi connectivity index (χ3v) is 9.86. The van der Waals surface area contributed by atoms with Crippen LogP contribution in [0.4, 0.5) is 0 Å². The van der Waals surface area contributed by atoms with E-state index in [-0.39, 0.29) is 20.6 Å². The van der Waals surface area contributed by atoms with Crippen LogP contribution in [0.2, 0.25) is 0 Å². The molecular weight excluding hydrogens is 488 g/mol. The summed E-state index contributed by atoms with van der Waals surface area (Å²) in [7, 11) is -3.56. The standard InChI is InChI=1S/C34H38O3S/c1-24(2)33(4,5)26-10-12-27(13-11-26)34(6,7)28-14-16-29(17-15-28)37-30-18-22-32(23-19-30)38(35,36)31-20-8-25(3)9-21-31/h8-24H,1-7H3. The molecule has 0 saturated carbocycles. The van der Waals surface area contributed by atoms with Gasteiger partial charge in [0, 0.05) is 5.41 Å². The molecule has 4 aromatic carbocycles. The Morgan fingerprint density at radius 1 is 0.579 bits per heavy atom. The van der Waals surface area contributed by atoms with E-state index in [0.29, 0.717) is 17.4 Å². The fourth-order valence-electron chi connectivity index (χ4n) is 4.43. The molecule has 4 rings (SSSR count). The molecular formula is C34H38O3S. The van der Waals surface area contributed by atoms with Crippen LogP contribution in [0, 0.1) is 12.8 Å². The Morgan fingerprint density at radius 3 is 1.39 bits per heavy atom. The third-order valence-electron chi connectivity index (χ3n) is 8.07. The highest BCUT2D eigenvalue weighted by molar-refractivity contribution is 7.91. The summed E-state index contributed by atoms with van der Waals surface area (Å²) in [5.41, 5.74) is 4.80. The number of ether oxygens (including phenoxy) is 1. The number of benzene rings is 4. The normalized spacial score (nSPS) is 12.5. The van der Waals surface area contributed by atoms with Gasteiger partial charge in [0.05, 0.1) is 9.79 Å². The predicted molar refractivity (Wildman–Crippen MR) is 156 cm³/mol. The van der Waals surface area contributed by atoms with Gasteiger partial charge in [0.1, 0.15) is 11.5 Å². The van der Waals surface area contributed by atoms with Gasteiger partial charge >= 0.3 is 0 Å². The maximum absolute atomic E-state index is 12.9. The minimum atomic E-state index is -3.56. The average Bonchev–Trinajstić information content (AvgIpc) is 2.89. The molecule has 0 aromatic heterocycles. The predicted octanol–water partition coefficient (Wildman–Crippen LogP) is 8.88. The van der Waals surface area contributed by atoms with Crippen molar-refractivity contribution in [1.82, 2.24) is 0 Å². The molecule has 3 nitrogen and oxygen atoms in total. The lowest BCUT2D eigenvalue weighted by Crippen LogP contribution is -2.25. The summed E-state index contributed by atoms with van der Waals surface area (Å²) in [5, 5.41) is 0. The van der Waals surface area contributed by atoms with Gasteiger partial charge in [0.15, 0.2) is 0 Å². The van der Waals surface area contributed by atoms with Crippen LogP contribution < -0.4 is 4.74 Å². The van der Waals surface area contributed by atoms with E-state index in [1.807, 2.05) is 19.1 Å². The zero-order valence-electron chi connectivity index (χ0n) is 23.4. The minimum absolute atomic E-state index is 0.130. The van der Waals surface area contributed by atoms with E-state index in [2.05, 4.69) is 77.9 Å². The molecule has 0 amide bonds. The largest absolute Gasteiger partial charge is 0.457 e. The Morgan fingerprint density at radius 2 is 0.947 bits per heavy atom. The Hall–Kier alpha value is -3.37. The molecule has 0 atom stereocenters. The van der Waals surface area contributed by atoms with Gasteiger partial charge in [-0.1, -0.05) is 95.6 Å². The topological polar surface area (TPSA) is 43.4 Å². The summed E-state index contributed by atoms with van der Waals surface area (Å²) in [6.45, 7) is 15.5. The van der Waals surface area contributed by atoms with Crippen LogP contribution in [0.25, 0.3) is 0 Å². The molecule has 38 heavy (non-hydrogen) atoms. The quantitative estimate of drug-likeness (QED) is 0.230. The lowest BCUT2D eigenvalue weighted by atomic mass is 9.73. The van der Waals surface area contributed by atoms with Crippen molar-refractivity contribution in [3.63, 3.8) is 0 Å². The summed E-state index contributed by atoms with van der Waals surface area (Å²) >= 11 is 0. The summed E-state index contributed by atoms with van der Waals surface area (Å²) < 4.78 is 31.9. The van der Waals surface area contributed by atoms with Crippen molar-refractivity contribution in [3.8, 4) is 11.5 Å². The molecule has 0 saturated heterocycles. The molecule has 0 bridgehead atoms. The molecule has 0 aliphatic rings. The summed E-state index contributed by atoms with van der Waals surface area (Å²) in [6.07, 6.45) is 0. The summed E-state index contributed by atoms with van der Waals surface area (Å²) in [4.78, 5) is 0.529. The fourth-order valence-corrected chi connectivity index (χ4v) is 5.69. The molecule has 0 heterocycles. The second-order valence-electron chi connectivity index (χ2n) is 11.5. The van der Waals surface area contributed by atoms with Gasteiger partial charge in [-0.05, 0) is 83.5 Å². The van der Waals surface area contributed by atoms with Crippen LogP contribution >= 0.6 is 0 Å². The van der Waals surface area contributed by atoms with Crippen molar-refractivity contribution < 1.29 is 13.2 Å². The zero-order chi connectivity index (χ0) is 27.7. The number of hydrogen-bond donors (Lipinski definition) is 0. The second-order valence-corrected chi connectivity index (χ2v) is 13.4. The van der Waals surface area contributed by atoms with Gasteiger partial charge in [-0.15, -0.1) is 0 Å². The number of rotatable bonds is 8. The van der Waals surface area contributed by atoms with Gasteiger partial charge < -0.3 is 4.74 Å². The fraction of sp³-hybridized carbons (Fsp3) is 0.294. The van der Waals surface area contributed by atoms with Crippen LogP contribution in [-0.4, -0.2) is 8.42 Å². The van der Waals surface area contributed by atoms with E-state index in [1.165, 1.54) is 16.7 Å². The molecule has 0 aliphatic carbocycles. The van der Waals surface area contributed by atoms with Crippen LogP contribution in [0.5, 0.6) is 11.5 Å². The number of hydrogen-bond acceptors (Lipinski definition) is 3. The number of aryl methyl sites for hydroxylation is 1. The smallest absolute Gasteiger partial charge is 0.206 e. The lowest BCUT2D eigenvalue weighted by molar-refractivity contribution is 0.372. The molecule has 0 N–H and O–H groups in total. The van der Waals surface area contributed by atoms with Crippen molar-refractivity contribution in [2.75, 3.05) is 0 Å². The van der Waals surface area contributed by atoms with Crippen LogP contribution in [0.3, 0.4) is 0 Å². The Balaban J connectivity index is 1.47. The maximum Gasteiger partial charge on any atom is 0.206 e. The summed E-state index contributed by atoms with van der Waals surface area (Å²) in [6, 6.07) is 30.6. The van der Waals surface area contributed by atoms with Crippen LogP contribution in [0.1, 0.15) is 63.8 Å². The van der Waals surface area contributed by atoms with Gasteiger partial charge in [-0.3, -0.25) is 0 Å². The molecule has 0 spiro atoms. The van der Waals surface area contributed by atoms with Gasteiger partial charge in [0.25, 0.3) is 0 Å². The molecule has 4 heteroatoms. The first-order valence-electron chi connectivity index (χ1n) is 13.1. The van der Waals surface area contributed by atoms with Crippen LogP contribution in [-0.2, 0) is 20.7 Å². The molecule has 0 unspecified atom stereocenters. The van der Waals surface area contributed by atoms with E-state index >= 15 is 0 Å². The number of sulfone groups is 1. The Labute approximate surface area is 228 Å². The minimum Gasteiger partial charge on any atom is -0.457 e. The summed E-state index contributed by atoms with van der Waals surface area (Å²) in [5.74, 6) is 1.85. The third kappa shape index (κ3) is 5.56. The molecule has 198 valence electrons. The van der Waals surface area contributed by atoms with E-state index in [4.69, 9.17) is 4.74 Å². The van der Waals surface area contributed by atoms with E-state index in [9.17, 15) is 8.42 Å². The molecule has 0 radical (unpaired) electrons. The maximum atomic E-state index is 12.9. The first kappa shape index (κ1) is 27.7. The lowest BCUT2D eigenvalue weighted by Gasteiger charge is -2.31. The van der Waals surface area contributed by atoms with Crippen molar-refractivity contribution in [2.24, 2.45) is 5.92 Å². The first-order chi connectivity index (χ1) is 17.8. The Bertz CT molecular complexity index is 1480. The monoisotopic (exact) mass is 526 g/mol. The second kappa shape index (κ2) is 10.4. The van der Waals surface area contributed by atoms with E-state index in [1.54, 1.807) is 48.5 Å². The van der Waals surface area contributed by atoms with Gasteiger partial charge in [-0.2, -0.15) is 0 Å². The van der Waals surface area contributed by atoms with Crippen molar-refractivity contribution in [1.29, 1.82) is 0 Å². The van der Waals surface area contributed by atoms with Gasteiger partial charge in [-0.25, -0.2) is 8.42 Å². The average molecular weight is 527 g/mol. The first-order valence-corrected chi connectivity index (χ1v) is 14.6. The zero-order valence-corrected chi connectivity index (χ0v) is 24.3. The highest BCUT2D eigenvalue weighted by Gasteiger charge is 2.27. The SMILES string of the molecule is Cc1ccc(S(=O)(=O)c2ccc(Oc3ccc(C(C)(C)c4ccc(C(C)(C)C(C)C)cc4)cc3)cc2)cc1. The van der Waals surface area contributed by atoms with Crippen molar-refractivity contribution in [2.45, 2.75) is 69.1 Å².